The normalized spacial score (nSPS) is 10.8. The maximum absolute atomic E-state index is 13.3. The van der Waals surface area contributed by atoms with Crippen LogP contribution in [0.1, 0.15) is 11.3 Å². The van der Waals surface area contributed by atoms with Crippen LogP contribution in [-0.2, 0) is 5.88 Å². The topological polar surface area (TPSA) is 22.1 Å². The van der Waals surface area contributed by atoms with E-state index in [9.17, 15) is 4.39 Å². The van der Waals surface area contributed by atoms with Crippen LogP contribution in [0.5, 0.6) is 11.5 Å². The van der Waals surface area contributed by atoms with E-state index in [4.69, 9.17) is 16.3 Å². The number of halogens is 2. The largest absolute Gasteiger partial charge is 0.455 e. The molecule has 1 aromatic heterocycles. The Morgan fingerprint density at radius 1 is 1.10 bits per heavy atom. The van der Waals surface area contributed by atoms with E-state index in [-0.39, 0.29) is 11.7 Å². The van der Waals surface area contributed by atoms with Gasteiger partial charge >= 0.3 is 0 Å². The Labute approximate surface area is 127 Å². The summed E-state index contributed by atoms with van der Waals surface area (Å²) in [7, 11) is 0. The van der Waals surface area contributed by atoms with Crippen LogP contribution in [0.25, 0.3) is 10.9 Å². The van der Waals surface area contributed by atoms with Gasteiger partial charge in [-0.25, -0.2) is 9.37 Å². The van der Waals surface area contributed by atoms with Gasteiger partial charge in [0.25, 0.3) is 0 Å². The number of para-hydroxylation sites is 1. The van der Waals surface area contributed by atoms with Crippen molar-refractivity contribution in [2.75, 3.05) is 0 Å². The van der Waals surface area contributed by atoms with Gasteiger partial charge in [0.05, 0.1) is 5.88 Å². The predicted molar refractivity (Wildman–Crippen MR) is 82.5 cm³/mol. The minimum absolute atomic E-state index is 0.185. The minimum Gasteiger partial charge on any atom is -0.455 e. The zero-order valence-electron chi connectivity index (χ0n) is 11.4. The number of aromatic nitrogens is 1. The predicted octanol–water partition coefficient (Wildman–Crippen LogP) is 5.21. The third-order valence-electron chi connectivity index (χ3n) is 3.21. The molecule has 0 spiro atoms. The number of ether oxygens (including phenoxy) is 1. The molecule has 3 aromatic rings. The molecule has 0 atom stereocenters. The number of rotatable bonds is 3. The van der Waals surface area contributed by atoms with E-state index in [1.54, 1.807) is 6.07 Å². The molecular weight excluding hydrogens is 289 g/mol. The SMILES string of the molecule is Cc1ccc2cccc(Oc3ccc(F)cc3CCl)c2n1. The molecule has 4 heteroatoms. The average molecular weight is 302 g/mol. The van der Waals surface area contributed by atoms with Crippen LogP contribution in [0.4, 0.5) is 4.39 Å². The highest BCUT2D eigenvalue weighted by Gasteiger charge is 2.09. The second kappa shape index (κ2) is 5.70. The van der Waals surface area contributed by atoms with E-state index in [1.165, 1.54) is 12.1 Å². The molecule has 0 radical (unpaired) electrons. The molecule has 0 amide bonds. The Kier molecular flexibility index (Phi) is 3.76. The van der Waals surface area contributed by atoms with Gasteiger partial charge in [0.15, 0.2) is 5.75 Å². The summed E-state index contributed by atoms with van der Waals surface area (Å²) in [6.07, 6.45) is 0. The maximum atomic E-state index is 13.3. The zero-order chi connectivity index (χ0) is 14.8. The summed E-state index contributed by atoms with van der Waals surface area (Å²) in [5.74, 6) is 1.03. The van der Waals surface area contributed by atoms with Crippen molar-refractivity contribution >= 4 is 22.5 Å². The molecule has 0 aliphatic carbocycles. The summed E-state index contributed by atoms with van der Waals surface area (Å²) in [6, 6.07) is 14.0. The summed E-state index contributed by atoms with van der Waals surface area (Å²) in [6.45, 7) is 1.93. The molecule has 2 aromatic carbocycles. The molecular formula is C17H13ClFNO. The summed E-state index contributed by atoms with van der Waals surface area (Å²) in [5, 5.41) is 0.993. The first kappa shape index (κ1) is 13.8. The van der Waals surface area contributed by atoms with Crippen LogP contribution >= 0.6 is 11.6 Å². The molecule has 0 bridgehead atoms. The Bertz CT molecular complexity index is 804. The third kappa shape index (κ3) is 2.83. The lowest BCUT2D eigenvalue weighted by Crippen LogP contribution is -1.93. The Morgan fingerprint density at radius 3 is 2.76 bits per heavy atom. The molecule has 0 aliphatic rings. The van der Waals surface area contributed by atoms with Crippen molar-refractivity contribution in [3.05, 3.63) is 65.6 Å². The van der Waals surface area contributed by atoms with Gasteiger partial charge in [0, 0.05) is 16.6 Å². The van der Waals surface area contributed by atoms with Gasteiger partial charge in [0.1, 0.15) is 17.1 Å². The van der Waals surface area contributed by atoms with E-state index >= 15 is 0 Å². The first-order valence-electron chi connectivity index (χ1n) is 6.56. The van der Waals surface area contributed by atoms with Crippen LogP contribution < -0.4 is 4.74 Å². The Balaban J connectivity index is 2.08. The second-order valence-corrected chi connectivity index (χ2v) is 5.04. The van der Waals surface area contributed by atoms with Crippen LogP contribution in [0.2, 0.25) is 0 Å². The van der Waals surface area contributed by atoms with Gasteiger partial charge in [-0.05, 0) is 37.3 Å². The highest BCUT2D eigenvalue weighted by molar-refractivity contribution is 6.17. The summed E-state index contributed by atoms with van der Waals surface area (Å²) in [4.78, 5) is 4.51. The van der Waals surface area contributed by atoms with E-state index < -0.39 is 0 Å². The van der Waals surface area contributed by atoms with Crippen molar-refractivity contribution in [2.24, 2.45) is 0 Å². The number of hydrogen-bond acceptors (Lipinski definition) is 2. The molecule has 1 heterocycles. The lowest BCUT2D eigenvalue weighted by Gasteiger charge is -2.11. The number of hydrogen-bond donors (Lipinski definition) is 0. The first-order chi connectivity index (χ1) is 10.2. The molecule has 2 nitrogen and oxygen atoms in total. The van der Waals surface area contributed by atoms with Gasteiger partial charge in [0.2, 0.25) is 0 Å². The Hall–Kier alpha value is -2.13. The minimum atomic E-state index is -0.329. The quantitative estimate of drug-likeness (QED) is 0.619. The second-order valence-electron chi connectivity index (χ2n) is 4.77. The Morgan fingerprint density at radius 2 is 1.95 bits per heavy atom. The van der Waals surface area contributed by atoms with Gasteiger partial charge in [-0.1, -0.05) is 18.2 Å². The van der Waals surface area contributed by atoms with E-state index in [0.717, 1.165) is 16.6 Å². The van der Waals surface area contributed by atoms with Crippen LogP contribution in [-0.4, -0.2) is 4.98 Å². The molecule has 21 heavy (non-hydrogen) atoms. The molecule has 106 valence electrons. The van der Waals surface area contributed by atoms with Crippen LogP contribution in [0, 0.1) is 12.7 Å². The number of alkyl halides is 1. The zero-order valence-corrected chi connectivity index (χ0v) is 12.2. The van der Waals surface area contributed by atoms with Crippen molar-refractivity contribution < 1.29 is 9.13 Å². The monoisotopic (exact) mass is 301 g/mol. The molecule has 3 rings (SSSR count). The standard InChI is InChI=1S/C17H13ClFNO/c1-11-5-6-12-3-2-4-16(17(12)20-11)21-15-8-7-14(19)9-13(15)10-18/h2-9H,10H2,1H3. The van der Waals surface area contributed by atoms with Gasteiger partial charge in [-0.3, -0.25) is 0 Å². The first-order valence-corrected chi connectivity index (χ1v) is 7.09. The fourth-order valence-corrected chi connectivity index (χ4v) is 2.38. The number of pyridine rings is 1. The average Bonchev–Trinajstić information content (AvgIpc) is 2.49. The highest BCUT2D eigenvalue weighted by Crippen LogP contribution is 2.31. The van der Waals surface area contributed by atoms with Crippen molar-refractivity contribution in [1.29, 1.82) is 0 Å². The fraction of sp³-hybridized carbons (Fsp3) is 0.118. The lowest BCUT2D eigenvalue weighted by molar-refractivity contribution is 0.480. The maximum Gasteiger partial charge on any atom is 0.153 e. The van der Waals surface area contributed by atoms with Crippen LogP contribution in [0.3, 0.4) is 0 Å². The molecule has 0 saturated heterocycles. The highest BCUT2D eigenvalue weighted by atomic mass is 35.5. The van der Waals surface area contributed by atoms with Gasteiger partial charge < -0.3 is 4.74 Å². The number of aryl methyl sites for hydroxylation is 1. The molecule has 0 unspecified atom stereocenters. The van der Waals surface area contributed by atoms with Crippen molar-refractivity contribution in [3.8, 4) is 11.5 Å². The number of benzene rings is 2. The summed E-state index contributed by atoms with van der Waals surface area (Å²) in [5.41, 5.74) is 2.30. The summed E-state index contributed by atoms with van der Waals surface area (Å²) < 4.78 is 19.2. The molecule has 0 fully saturated rings. The van der Waals surface area contributed by atoms with E-state index in [2.05, 4.69) is 4.98 Å². The van der Waals surface area contributed by atoms with Crippen LogP contribution in [0.15, 0.2) is 48.5 Å². The molecule has 0 aliphatic heterocycles. The lowest BCUT2D eigenvalue weighted by atomic mass is 10.2. The summed E-state index contributed by atoms with van der Waals surface area (Å²) >= 11 is 5.85. The van der Waals surface area contributed by atoms with Gasteiger partial charge in [-0.2, -0.15) is 0 Å². The third-order valence-corrected chi connectivity index (χ3v) is 3.50. The van der Waals surface area contributed by atoms with Gasteiger partial charge in [-0.15, -0.1) is 11.6 Å². The van der Waals surface area contributed by atoms with E-state index in [0.29, 0.717) is 17.1 Å². The smallest absolute Gasteiger partial charge is 0.153 e. The fourth-order valence-electron chi connectivity index (χ4n) is 2.17. The van der Waals surface area contributed by atoms with Crippen molar-refractivity contribution in [2.45, 2.75) is 12.8 Å². The molecule has 0 saturated carbocycles. The number of nitrogens with zero attached hydrogens (tertiary/aromatic N) is 1. The number of fused-ring (bicyclic) bond motifs is 1. The van der Waals surface area contributed by atoms with E-state index in [1.807, 2.05) is 37.3 Å². The van der Waals surface area contributed by atoms with Crippen molar-refractivity contribution in [3.63, 3.8) is 0 Å². The molecule has 0 N–H and O–H groups in total. The van der Waals surface area contributed by atoms with Crippen molar-refractivity contribution in [1.82, 2.24) is 4.98 Å².